The van der Waals surface area contributed by atoms with Gasteiger partial charge in [-0.25, -0.2) is 0 Å². The number of amides is 1. The second kappa shape index (κ2) is 9.35. The van der Waals surface area contributed by atoms with Gasteiger partial charge >= 0.3 is 6.18 Å². The Labute approximate surface area is 193 Å². The molecular weight excluding hydrogens is 453 g/mol. The molecule has 1 aliphatic rings. The molecule has 34 heavy (non-hydrogen) atoms. The Kier molecular flexibility index (Phi) is 6.49. The van der Waals surface area contributed by atoms with Crippen LogP contribution in [0.2, 0.25) is 0 Å². The summed E-state index contributed by atoms with van der Waals surface area (Å²) in [5.74, 6) is 0.221. The lowest BCUT2D eigenvalue weighted by molar-refractivity contribution is -0.146. The second-order valence-electron chi connectivity index (χ2n) is 8.08. The third-order valence-corrected chi connectivity index (χ3v) is 5.95. The average molecular weight is 478 g/mol. The number of carbonyl (C=O) groups excluding carboxylic acids is 1. The molecule has 1 fully saturated rings. The van der Waals surface area contributed by atoms with Crippen molar-refractivity contribution < 1.29 is 27.4 Å². The number of rotatable bonds is 6. The van der Waals surface area contributed by atoms with Crippen LogP contribution in [0.25, 0.3) is 5.65 Å². The molecule has 2 aromatic heterocycles. The average Bonchev–Trinajstić information content (AvgIpc) is 3.27. The zero-order chi connectivity index (χ0) is 24.5. The first-order valence-electron chi connectivity index (χ1n) is 10.8. The van der Waals surface area contributed by atoms with Crippen LogP contribution in [0, 0.1) is 5.92 Å². The summed E-state index contributed by atoms with van der Waals surface area (Å²) >= 11 is 0. The molecule has 1 N–H and O–H groups in total. The molecule has 1 atom stereocenters. The SMILES string of the molecule is COc1ccc(OC)c([C@@H](C)NC(=O)C2CCN(c3ccc4nnc(C(F)(F)F)n4n3)CC2)c1. The van der Waals surface area contributed by atoms with Crippen molar-refractivity contribution >= 4 is 17.4 Å². The van der Waals surface area contributed by atoms with Crippen molar-refractivity contribution in [2.45, 2.75) is 32.0 Å². The standard InChI is InChI=1S/C22H25F3N6O3/c1-13(16-12-15(33-2)4-5-17(16)34-3)26-20(32)14-8-10-30(11-9-14)19-7-6-18-27-28-21(22(23,24)25)31(18)29-19/h4-7,12-14H,8-11H2,1-3H3,(H,26,32)/t13-/m1/s1. The summed E-state index contributed by atoms with van der Waals surface area (Å²) < 4.78 is 50.8. The smallest absolute Gasteiger partial charge is 0.453 e. The number of methoxy groups -OCH3 is 2. The van der Waals surface area contributed by atoms with Gasteiger partial charge in [-0.3, -0.25) is 4.79 Å². The molecular formula is C22H25F3N6O3. The molecule has 0 unspecified atom stereocenters. The number of nitrogens with one attached hydrogen (secondary N) is 1. The maximum Gasteiger partial charge on any atom is 0.453 e. The summed E-state index contributed by atoms with van der Waals surface area (Å²) in [5, 5.41) is 13.9. The lowest BCUT2D eigenvalue weighted by Gasteiger charge is -2.32. The number of carbonyl (C=O) groups is 1. The first-order valence-corrected chi connectivity index (χ1v) is 10.8. The van der Waals surface area contributed by atoms with Crippen molar-refractivity contribution in [3.05, 3.63) is 41.7 Å². The number of halogens is 3. The van der Waals surface area contributed by atoms with Crippen LogP contribution in [-0.4, -0.2) is 53.0 Å². The number of fused-ring (bicyclic) bond motifs is 1. The van der Waals surface area contributed by atoms with Gasteiger partial charge in [0.15, 0.2) is 5.65 Å². The van der Waals surface area contributed by atoms with Crippen LogP contribution in [-0.2, 0) is 11.0 Å². The molecule has 182 valence electrons. The maximum absolute atomic E-state index is 13.1. The molecule has 0 aliphatic carbocycles. The quantitative estimate of drug-likeness (QED) is 0.581. The maximum atomic E-state index is 13.1. The number of alkyl halides is 3. The molecule has 0 radical (unpaired) electrons. The molecule has 0 saturated carbocycles. The van der Waals surface area contributed by atoms with Gasteiger partial charge in [0.25, 0.3) is 5.82 Å². The first-order chi connectivity index (χ1) is 16.2. The molecule has 1 aromatic carbocycles. The van der Waals surface area contributed by atoms with Gasteiger partial charge in [0.1, 0.15) is 17.3 Å². The van der Waals surface area contributed by atoms with E-state index >= 15 is 0 Å². The number of anilines is 1. The van der Waals surface area contributed by atoms with E-state index in [4.69, 9.17) is 9.47 Å². The van der Waals surface area contributed by atoms with Gasteiger partial charge in [-0.2, -0.15) is 17.7 Å². The third kappa shape index (κ3) is 4.70. The van der Waals surface area contributed by atoms with Gasteiger partial charge < -0.3 is 19.7 Å². The number of benzene rings is 1. The van der Waals surface area contributed by atoms with Gasteiger partial charge in [-0.15, -0.1) is 15.3 Å². The van der Waals surface area contributed by atoms with E-state index in [-0.39, 0.29) is 23.5 Å². The number of piperidine rings is 1. The van der Waals surface area contributed by atoms with Crippen LogP contribution >= 0.6 is 0 Å². The highest BCUT2D eigenvalue weighted by Gasteiger charge is 2.38. The van der Waals surface area contributed by atoms with E-state index in [1.54, 1.807) is 32.4 Å². The molecule has 4 rings (SSSR count). The summed E-state index contributed by atoms with van der Waals surface area (Å²) in [4.78, 5) is 14.8. The minimum atomic E-state index is -4.65. The van der Waals surface area contributed by atoms with E-state index in [2.05, 4.69) is 20.6 Å². The molecule has 12 heteroatoms. The number of hydrogen-bond donors (Lipinski definition) is 1. The van der Waals surface area contributed by atoms with E-state index < -0.39 is 12.0 Å². The Bertz CT molecular complexity index is 1170. The lowest BCUT2D eigenvalue weighted by Crippen LogP contribution is -2.41. The van der Waals surface area contributed by atoms with E-state index in [1.807, 2.05) is 17.9 Å². The summed E-state index contributed by atoms with van der Waals surface area (Å²) in [6.45, 7) is 2.84. The van der Waals surface area contributed by atoms with Gasteiger partial charge in [0, 0.05) is 24.6 Å². The number of ether oxygens (including phenoxy) is 2. The van der Waals surface area contributed by atoms with Crippen molar-refractivity contribution in [3.63, 3.8) is 0 Å². The van der Waals surface area contributed by atoms with Gasteiger partial charge in [-0.1, -0.05) is 0 Å². The van der Waals surface area contributed by atoms with E-state index in [0.717, 1.165) is 5.56 Å². The Balaban J connectivity index is 1.41. The van der Waals surface area contributed by atoms with Crippen LogP contribution in [0.3, 0.4) is 0 Å². The van der Waals surface area contributed by atoms with E-state index in [1.165, 1.54) is 6.07 Å². The highest BCUT2D eigenvalue weighted by molar-refractivity contribution is 5.79. The highest BCUT2D eigenvalue weighted by atomic mass is 19.4. The molecule has 0 bridgehead atoms. The fraction of sp³-hybridized carbons (Fsp3) is 0.455. The molecule has 1 aliphatic heterocycles. The Morgan fingerprint density at radius 1 is 1.12 bits per heavy atom. The topological polar surface area (TPSA) is 93.9 Å². The van der Waals surface area contributed by atoms with Crippen molar-refractivity contribution in [2.75, 3.05) is 32.2 Å². The van der Waals surface area contributed by atoms with E-state index in [9.17, 15) is 18.0 Å². The van der Waals surface area contributed by atoms with Crippen molar-refractivity contribution in [3.8, 4) is 11.5 Å². The predicted molar refractivity (Wildman–Crippen MR) is 117 cm³/mol. The highest BCUT2D eigenvalue weighted by Crippen LogP contribution is 2.31. The summed E-state index contributed by atoms with van der Waals surface area (Å²) in [5.41, 5.74) is 0.826. The largest absolute Gasteiger partial charge is 0.497 e. The number of aromatic nitrogens is 4. The second-order valence-corrected chi connectivity index (χ2v) is 8.08. The zero-order valence-electron chi connectivity index (χ0n) is 19.0. The molecule has 9 nitrogen and oxygen atoms in total. The van der Waals surface area contributed by atoms with Crippen LogP contribution < -0.4 is 19.7 Å². The lowest BCUT2D eigenvalue weighted by atomic mass is 9.95. The predicted octanol–water partition coefficient (Wildman–Crippen LogP) is 3.25. The van der Waals surface area contributed by atoms with Crippen molar-refractivity contribution in [2.24, 2.45) is 5.92 Å². The third-order valence-electron chi connectivity index (χ3n) is 5.95. The van der Waals surface area contributed by atoms with Gasteiger partial charge in [0.2, 0.25) is 5.91 Å². The minimum Gasteiger partial charge on any atom is -0.497 e. The van der Waals surface area contributed by atoms with Crippen LogP contribution in [0.1, 0.15) is 37.2 Å². The molecule has 3 heterocycles. The van der Waals surface area contributed by atoms with Crippen LogP contribution in [0.5, 0.6) is 11.5 Å². The van der Waals surface area contributed by atoms with Gasteiger partial charge in [-0.05, 0) is 50.1 Å². The first kappa shape index (κ1) is 23.6. The van der Waals surface area contributed by atoms with E-state index in [0.29, 0.717) is 47.8 Å². The molecule has 1 saturated heterocycles. The summed E-state index contributed by atoms with van der Waals surface area (Å²) in [6.07, 6.45) is -3.57. The number of nitrogens with zero attached hydrogens (tertiary/aromatic N) is 5. The number of hydrogen-bond acceptors (Lipinski definition) is 7. The fourth-order valence-electron chi connectivity index (χ4n) is 4.08. The summed E-state index contributed by atoms with van der Waals surface area (Å²) in [6, 6.07) is 8.17. The van der Waals surface area contributed by atoms with Crippen molar-refractivity contribution in [1.82, 2.24) is 25.1 Å². The molecule has 0 spiro atoms. The fourth-order valence-corrected chi connectivity index (χ4v) is 4.08. The monoisotopic (exact) mass is 478 g/mol. The van der Waals surface area contributed by atoms with Crippen LogP contribution in [0.4, 0.5) is 19.0 Å². The Morgan fingerprint density at radius 2 is 1.85 bits per heavy atom. The van der Waals surface area contributed by atoms with Crippen LogP contribution in [0.15, 0.2) is 30.3 Å². The minimum absolute atomic E-state index is 0.0206. The zero-order valence-corrected chi connectivity index (χ0v) is 19.0. The molecule has 1 amide bonds. The Hall–Kier alpha value is -3.57. The van der Waals surface area contributed by atoms with Gasteiger partial charge in [0.05, 0.1) is 20.3 Å². The molecule has 3 aromatic rings. The van der Waals surface area contributed by atoms with Crippen molar-refractivity contribution in [1.29, 1.82) is 0 Å². The normalized spacial score (nSPS) is 15.9. The summed E-state index contributed by atoms with van der Waals surface area (Å²) in [7, 11) is 3.14. The Morgan fingerprint density at radius 3 is 2.50 bits per heavy atom.